The SMILES string of the molecule is Cc1cc(CN(C)C(=O)CN2Cc3ccccc3NC3(CCNCC3)CC2=O)no1.Cl. The molecule has 0 aliphatic carbocycles. The van der Waals surface area contributed by atoms with Gasteiger partial charge in [-0.2, -0.15) is 0 Å². The zero-order valence-electron chi connectivity index (χ0n) is 18.0. The fraction of sp³-hybridized carbons (Fsp3) is 0.500. The van der Waals surface area contributed by atoms with Crippen LogP contribution in [0.15, 0.2) is 34.9 Å². The zero-order chi connectivity index (χ0) is 21.1. The first-order valence-electron chi connectivity index (χ1n) is 10.4. The van der Waals surface area contributed by atoms with Gasteiger partial charge >= 0.3 is 0 Å². The number of hydrogen-bond donors (Lipinski definition) is 2. The van der Waals surface area contributed by atoms with Gasteiger partial charge in [0.2, 0.25) is 11.8 Å². The Bertz CT molecular complexity index is 925. The van der Waals surface area contributed by atoms with Crippen molar-refractivity contribution in [3.63, 3.8) is 0 Å². The zero-order valence-corrected chi connectivity index (χ0v) is 18.8. The number of carbonyl (C=O) groups excluding carboxylic acids is 2. The van der Waals surface area contributed by atoms with E-state index in [9.17, 15) is 9.59 Å². The number of fused-ring (bicyclic) bond motifs is 1. The molecule has 3 heterocycles. The molecule has 1 fully saturated rings. The highest BCUT2D eigenvalue weighted by molar-refractivity contribution is 5.86. The molecule has 8 nitrogen and oxygen atoms in total. The van der Waals surface area contributed by atoms with Crippen LogP contribution in [0.5, 0.6) is 0 Å². The lowest BCUT2D eigenvalue weighted by Gasteiger charge is -2.42. The minimum Gasteiger partial charge on any atom is -0.379 e. The number of anilines is 1. The fourth-order valence-corrected chi connectivity index (χ4v) is 4.26. The van der Waals surface area contributed by atoms with Crippen LogP contribution in [0, 0.1) is 6.92 Å². The molecule has 2 aromatic rings. The van der Waals surface area contributed by atoms with Crippen molar-refractivity contribution in [3.8, 4) is 0 Å². The van der Waals surface area contributed by atoms with Crippen LogP contribution >= 0.6 is 12.4 Å². The van der Waals surface area contributed by atoms with Crippen LogP contribution in [0.3, 0.4) is 0 Å². The number of halogens is 1. The Morgan fingerprint density at radius 1 is 1.29 bits per heavy atom. The van der Waals surface area contributed by atoms with Crippen molar-refractivity contribution in [1.82, 2.24) is 20.3 Å². The van der Waals surface area contributed by atoms with Crippen LogP contribution in [0.2, 0.25) is 0 Å². The topological polar surface area (TPSA) is 90.7 Å². The van der Waals surface area contributed by atoms with Crippen molar-refractivity contribution >= 4 is 29.9 Å². The van der Waals surface area contributed by atoms with Gasteiger partial charge in [0.1, 0.15) is 18.0 Å². The first kappa shape index (κ1) is 23.1. The van der Waals surface area contributed by atoms with Gasteiger partial charge < -0.3 is 25.0 Å². The van der Waals surface area contributed by atoms with Gasteiger partial charge in [0.05, 0.1) is 6.54 Å². The van der Waals surface area contributed by atoms with Gasteiger partial charge in [-0.25, -0.2) is 0 Å². The lowest BCUT2D eigenvalue weighted by Crippen LogP contribution is -2.53. The maximum absolute atomic E-state index is 13.2. The second-order valence-electron chi connectivity index (χ2n) is 8.42. The van der Waals surface area contributed by atoms with Crippen LogP contribution in [0.1, 0.15) is 36.3 Å². The van der Waals surface area contributed by atoms with Crippen LogP contribution in [-0.2, 0) is 22.7 Å². The van der Waals surface area contributed by atoms with Crippen LogP contribution in [0.4, 0.5) is 5.69 Å². The van der Waals surface area contributed by atoms with Crippen molar-refractivity contribution in [2.45, 2.75) is 44.8 Å². The summed E-state index contributed by atoms with van der Waals surface area (Å²) in [6, 6.07) is 9.88. The Kier molecular flexibility index (Phi) is 7.23. The Hall–Kier alpha value is -2.58. The molecule has 1 spiro atoms. The molecule has 1 saturated heterocycles. The molecule has 0 saturated carbocycles. The molecule has 2 aliphatic rings. The van der Waals surface area contributed by atoms with Gasteiger partial charge in [-0.15, -0.1) is 12.4 Å². The minimum atomic E-state index is -0.274. The third-order valence-corrected chi connectivity index (χ3v) is 6.01. The van der Waals surface area contributed by atoms with E-state index in [0.29, 0.717) is 31.0 Å². The monoisotopic (exact) mass is 447 g/mol. The predicted molar refractivity (Wildman–Crippen MR) is 120 cm³/mol. The Morgan fingerprint density at radius 2 is 2.03 bits per heavy atom. The second-order valence-corrected chi connectivity index (χ2v) is 8.42. The number of amides is 2. The minimum absolute atomic E-state index is 0. The van der Waals surface area contributed by atoms with E-state index in [1.165, 1.54) is 0 Å². The Balaban J connectivity index is 0.00000272. The van der Waals surface area contributed by atoms with Crippen molar-refractivity contribution in [1.29, 1.82) is 0 Å². The third kappa shape index (κ3) is 5.37. The molecule has 0 radical (unpaired) electrons. The van der Waals surface area contributed by atoms with Crippen molar-refractivity contribution < 1.29 is 14.1 Å². The highest BCUT2D eigenvalue weighted by Gasteiger charge is 2.38. The molecule has 31 heavy (non-hydrogen) atoms. The van der Waals surface area contributed by atoms with Crippen molar-refractivity contribution in [2.24, 2.45) is 0 Å². The molecule has 9 heteroatoms. The van der Waals surface area contributed by atoms with E-state index < -0.39 is 0 Å². The van der Waals surface area contributed by atoms with Crippen molar-refractivity contribution in [3.05, 3.63) is 47.3 Å². The van der Waals surface area contributed by atoms with Gasteiger partial charge in [0.25, 0.3) is 0 Å². The highest BCUT2D eigenvalue weighted by Crippen LogP contribution is 2.33. The van der Waals surface area contributed by atoms with E-state index in [4.69, 9.17) is 4.52 Å². The molecule has 2 amide bonds. The van der Waals surface area contributed by atoms with Gasteiger partial charge in [-0.1, -0.05) is 23.4 Å². The summed E-state index contributed by atoms with van der Waals surface area (Å²) in [7, 11) is 1.73. The number of rotatable bonds is 4. The quantitative estimate of drug-likeness (QED) is 0.747. The van der Waals surface area contributed by atoms with Crippen LogP contribution in [0.25, 0.3) is 0 Å². The molecule has 1 aromatic heterocycles. The van der Waals surface area contributed by atoms with E-state index in [1.807, 2.05) is 31.2 Å². The average molecular weight is 448 g/mol. The molecular formula is C22H30ClN5O3. The second kappa shape index (κ2) is 9.70. The van der Waals surface area contributed by atoms with Crippen molar-refractivity contribution in [2.75, 3.05) is 32.0 Å². The predicted octanol–water partition coefficient (Wildman–Crippen LogP) is 2.33. The summed E-state index contributed by atoms with van der Waals surface area (Å²) in [5.41, 5.74) is 2.51. The summed E-state index contributed by atoms with van der Waals surface area (Å²) >= 11 is 0. The summed E-state index contributed by atoms with van der Waals surface area (Å²) in [4.78, 5) is 29.4. The molecule has 168 valence electrons. The van der Waals surface area contributed by atoms with Gasteiger partial charge in [-0.05, 0) is 44.5 Å². The van der Waals surface area contributed by atoms with E-state index >= 15 is 0 Å². The van der Waals surface area contributed by atoms with Gasteiger partial charge in [0, 0.05) is 37.3 Å². The molecule has 0 unspecified atom stereocenters. The first-order valence-corrected chi connectivity index (χ1v) is 10.4. The summed E-state index contributed by atoms with van der Waals surface area (Å²) < 4.78 is 5.08. The number of carbonyl (C=O) groups is 2. The lowest BCUT2D eigenvalue weighted by atomic mass is 9.83. The van der Waals surface area contributed by atoms with E-state index in [-0.39, 0.29) is 36.3 Å². The maximum atomic E-state index is 13.2. The van der Waals surface area contributed by atoms with Crippen LogP contribution in [-0.4, -0.2) is 59.0 Å². The van der Waals surface area contributed by atoms with Gasteiger partial charge in [0.15, 0.2) is 0 Å². The molecular weight excluding hydrogens is 418 g/mol. The number of piperidine rings is 1. The molecule has 4 rings (SSSR count). The maximum Gasteiger partial charge on any atom is 0.242 e. The normalized spacial score (nSPS) is 17.7. The number of aromatic nitrogens is 1. The number of benzene rings is 1. The standard InChI is InChI=1S/C22H29N5O3.ClH/c1-16-11-18(25-30-16)14-26(2)21(29)15-27-13-17-5-3-4-6-19(17)24-22(12-20(27)28)7-9-23-10-8-22;/h3-6,11,23-24H,7-10,12-15H2,1-2H3;1H. The molecule has 1 aromatic carbocycles. The molecule has 0 bridgehead atoms. The smallest absolute Gasteiger partial charge is 0.242 e. The number of para-hydroxylation sites is 1. The summed E-state index contributed by atoms with van der Waals surface area (Å²) in [5, 5.41) is 11.0. The van der Waals surface area contributed by atoms with Gasteiger partial charge in [-0.3, -0.25) is 9.59 Å². The average Bonchev–Trinajstić information content (AvgIpc) is 3.13. The number of nitrogens with one attached hydrogen (secondary N) is 2. The summed E-state index contributed by atoms with van der Waals surface area (Å²) in [6.45, 7) is 4.39. The third-order valence-electron chi connectivity index (χ3n) is 6.01. The van der Waals surface area contributed by atoms with Crippen LogP contribution < -0.4 is 10.6 Å². The molecule has 2 N–H and O–H groups in total. The number of hydrogen-bond acceptors (Lipinski definition) is 6. The number of likely N-dealkylation sites (N-methyl/N-ethyl adjacent to an activating group) is 1. The summed E-state index contributed by atoms with van der Waals surface area (Å²) in [5.74, 6) is 0.605. The highest BCUT2D eigenvalue weighted by atomic mass is 35.5. The number of aryl methyl sites for hydroxylation is 1. The number of nitrogens with zero attached hydrogens (tertiary/aromatic N) is 3. The van der Waals surface area contributed by atoms with E-state index in [1.54, 1.807) is 16.8 Å². The first-order chi connectivity index (χ1) is 14.4. The Morgan fingerprint density at radius 3 is 2.74 bits per heavy atom. The summed E-state index contributed by atoms with van der Waals surface area (Å²) in [6.07, 6.45) is 2.14. The Labute approximate surface area is 188 Å². The van der Waals surface area contributed by atoms with E-state index in [2.05, 4.69) is 21.9 Å². The fourth-order valence-electron chi connectivity index (χ4n) is 4.26. The molecule has 2 aliphatic heterocycles. The van der Waals surface area contributed by atoms with E-state index in [0.717, 1.165) is 37.2 Å². The largest absolute Gasteiger partial charge is 0.379 e. The lowest BCUT2D eigenvalue weighted by molar-refractivity contribution is -0.141. The molecule has 0 atom stereocenters.